The predicted octanol–water partition coefficient (Wildman–Crippen LogP) is 8.75. The zero-order valence-corrected chi connectivity index (χ0v) is 27.1. The van der Waals surface area contributed by atoms with E-state index in [-0.39, 0.29) is 0 Å². The number of nitrogens with zero attached hydrogens (tertiary/aromatic N) is 2. The Morgan fingerprint density at radius 3 is 0.783 bits per heavy atom. The Balaban J connectivity index is 1.98. The van der Waals surface area contributed by atoms with Crippen molar-refractivity contribution in [2.75, 3.05) is 13.1 Å². The van der Waals surface area contributed by atoms with Gasteiger partial charge in [-0.1, -0.05) is 0 Å². The second-order valence-corrected chi connectivity index (χ2v) is 12.6. The predicted molar refractivity (Wildman–Crippen MR) is 137 cm³/mol. The summed E-state index contributed by atoms with van der Waals surface area (Å²) >= 11 is 10.9. The van der Waals surface area contributed by atoms with Crippen molar-refractivity contribution in [3.63, 3.8) is 0 Å². The molecular formula is C22H4Br4F14N2O4. The van der Waals surface area contributed by atoms with Crippen molar-refractivity contribution in [1.29, 1.82) is 0 Å². The molecule has 0 unspecified atom stereocenters. The van der Waals surface area contributed by atoms with Gasteiger partial charge in [0, 0.05) is 28.7 Å². The highest BCUT2D eigenvalue weighted by Gasteiger charge is 2.75. The SMILES string of the molecule is O=C1c2c(Br)c(Br)c3c4c(c(Br)c(Br)c(c24)C(=O)N1CC(F)(F)C(F)(F)C(F)(F)F)C(=O)N(CC(F)(F)C(F)(F)C(F)(F)F)C3=O. The largest absolute Gasteiger partial charge is 0.459 e. The lowest BCUT2D eigenvalue weighted by molar-refractivity contribution is -0.354. The number of carbonyl (C=O) groups excluding carboxylic acids is 4. The third-order valence-corrected chi connectivity index (χ3v) is 10.9. The molecule has 2 aliphatic heterocycles. The molecule has 0 atom stereocenters. The summed E-state index contributed by atoms with van der Waals surface area (Å²) in [6.07, 6.45) is -13.7. The lowest BCUT2D eigenvalue weighted by Gasteiger charge is -2.37. The fourth-order valence-corrected chi connectivity index (χ4v) is 6.72. The zero-order chi connectivity index (χ0) is 35.7. The normalized spacial score (nSPS) is 16.7. The van der Waals surface area contributed by atoms with Crippen LogP contribution in [0.3, 0.4) is 0 Å². The van der Waals surface area contributed by atoms with E-state index in [2.05, 4.69) is 63.7 Å². The molecule has 2 aromatic carbocycles. The van der Waals surface area contributed by atoms with Crippen molar-refractivity contribution in [3.8, 4) is 0 Å². The molecule has 2 aliphatic rings. The molecule has 0 N–H and O–H groups in total. The Labute approximate surface area is 276 Å². The van der Waals surface area contributed by atoms with E-state index in [1.165, 1.54) is 0 Å². The highest BCUT2D eigenvalue weighted by molar-refractivity contribution is 9.13. The van der Waals surface area contributed by atoms with Crippen LogP contribution in [-0.4, -0.2) is 82.6 Å². The van der Waals surface area contributed by atoms with Crippen LogP contribution in [0, 0.1) is 0 Å². The first-order valence-electron chi connectivity index (χ1n) is 11.2. The van der Waals surface area contributed by atoms with Crippen molar-refractivity contribution in [2.24, 2.45) is 0 Å². The first-order chi connectivity index (χ1) is 20.5. The summed E-state index contributed by atoms with van der Waals surface area (Å²) in [5, 5.41) is -1.72. The smallest absolute Gasteiger partial charge is 0.269 e. The third kappa shape index (κ3) is 4.88. The molecule has 0 radical (unpaired) electrons. The summed E-state index contributed by atoms with van der Waals surface area (Å²) in [6, 6.07) is 0. The fourth-order valence-electron chi connectivity index (χ4n) is 4.45. The van der Waals surface area contributed by atoms with Crippen LogP contribution in [-0.2, 0) is 0 Å². The average molecular weight is 946 g/mol. The molecule has 2 aromatic rings. The van der Waals surface area contributed by atoms with E-state index in [1.807, 2.05) is 0 Å². The Hall–Kier alpha value is -2.08. The van der Waals surface area contributed by atoms with Crippen LogP contribution in [0.2, 0.25) is 0 Å². The number of benzene rings is 2. The van der Waals surface area contributed by atoms with Crippen molar-refractivity contribution < 1.29 is 80.6 Å². The minimum atomic E-state index is -6.86. The Morgan fingerprint density at radius 2 is 0.609 bits per heavy atom. The third-order valence-electron chi connectivity index (χ3n) is 6.69. The van der Waals surface area contributed by atoms with Gasteiger partial charge in [0.25, 0.3) is 23.6 Å². The van der Waals surface area contributed by atoms with Gasteiger partial charge in [0.05, 0.1) is 35.3 Å². The van der Waals surface area contributed by atoms with Gasteiger partial charge in [-0.2, -0.15) is 61.5 Å². The molecule has 0 fully saturated rings. The topological polar surface area (TPSA) is 74.8 Å². The van der Waals surface area contributed by atoms with Crippen LogP contribution in [0.5, 0.6) is 0 Å². The first kappa shape index (κ1) is 36.8. The molecule has 6 nitrogen and oxygen atoms in total. The summed E-state index contributed by atoms with van der Waals surface area (Å²) in [5.74, 6) is -33.8. The van der Waals surface area contributed by atoms with Crippen LogP contribution in [0.1, 0.15) is 41.4 Å². The van der Waals surface area contributed by atoms with E-state index in [0.29, 0.717) is 0 Å². The van der Waals surface area contributed by atoms with Gasteiger partial charge in [0.15, 0.2) is 0 Å². The van der Waals surface area contributed by atoms with Gasteiger partial charge in [0.2, 0.25) is 0 Å². The summed E-state index contributed by atoms with van der Waals surface area (Å²) in [6.45, 7) is -5.74. The number of imide groups is 2. The van der Waals surface area contributed by atoms with E-state index in [9.17, 15) is 80.6 Å². The van der Waals surface area contributed by atoms with E-state index in [4.69, 9.17) is 0 Å². The van der Waals surface area contributed by atoms with Gasteiger partial charge in [-0.3, -0.25) is 29.0 Å². The minimum absolute atomic E-state index is 0.702. The van der Waals surface area contributed by atoms with Crippen LogP contribution >= 0.6 is 63.7 Å². The molecule has 24 heteroatoms. The van der Waals surface area contributed by atoms with E-state index >= 15 is 0 Å². The van der Waals surface area contributed by atoms with Gasteiger partial charge < -0.3 is 0 Å². The quantitative estimate of drug-likeness (QED) is 0.215. The summed E-state index contributed by atoms with van der Waals surface area (Å²) in [5.41, 5.74) is -4.10. The van der Waals surface area contributed by atoms with Crippen molar-refractivity contribution >= 4 is 98.1 Å². The molecule has 252 valence electrons. The zero-order valence-electron chi connectivity index (χ0n) is 20.7. The van der Waals surface area contributed by atoms with Gasteiger partial charge in [-0.05, 0) is 63.7 Å². The number of amides is 4. The molecule has 2 heterocycles. The lowest BCUT2D eigenvalue weighted by Crippen LogP contribution is -2.59. The van der Waals surface area contributed by atoms with Crippen LogP contribution in [0.4, 0.5) is 61.5 Å². The summed E-state index contributed by atoms with van der Waals surface area (Å²) in [4.78, 5) is 51.7. The summed E-state index contributed by atoms with van der Waals surface area (Å²) < 4.78 is 185. The number of hydrogen-bond donors (Lipinski definition) is 0. The van der Waals surface area contributed by atoms with E-state index < -0.39 is 133 Å². The monoisotopic (exact) mass is 942 g/mol. The Kier molecular flexibility index (Phi) is 8.56. The number of rotatable bonds is 6. The molecule has 0 bridgehead atoms. The van der Waals surface area contributed by atoms with Crippen molar-refractivity contribution in [2.45, 2.75) is 36.0 Å². The maximum atomic E-state index is 14.3. The van der Waals surface area contributed by atoms with E-state index in [0.717, 1.165) is 0 Å². The second kappa shape index (κ2) is 10.7. The Morgan fingerprint density at radius 1 is 0.413 bits per heavy atom. The van der Waals surface area contributed by atoms with Crippen LogP contribution in [0.25, 0.3) is 10.8 Å². The number of halogens is 18. The van der Waals surface area contributed by atoms with E-state index in [1.54, 1.807) is 0 Å². The van der Waals surface area contributed by atoms with Gasteiger partial charge in [-0.15, -0.1) is 0 Å². The number of carbonyl (C=O) groups is 4. The minimum Gasteiger partial charge on any atom is -0.269 e. The molecule has 4 amide bonds. The van der Waals surface area contributed by atoms with Gasteiger partial charge in [0.1, 0.15) is 0 Å². The first-order valence-corrected chi connectivity index (χ1v) is 14.4. The second-order valence-electron chi connectivity index (χ2n) is 9.45. The number of hydrogen-bond acceptors (Lipinski definition) is 4. The van der Waals surface area contributed by atoms with Crippen LogP contribution < -0.4 is 0 Å². The van der Waals surface area contributed by atoms with Gasteiger partial charge in [-0.25, -0.2) is 0 Å². The molecule has 46 heavy (non-hydrogen) atoms. The van der Waals surface area contributed by atoms with Crippen LogP contribution in [0.15, 0.2) is 17.9 Å². The molecule has 0 aromatic heterocycles. The highest BCUT2D eigenvalue weighted by Crippen LogP contribution is 2.53. The molecule has 0 spiro atoms. The molecule has 0 aliphatic carbocycles. The highest BCUT2D eigenvalue weighted by atomic mass is 79.9. The molecule has 4 rings (SSSR count). The molecule has 0 saturated heterocycles. The van der Waals surface area contributed by atoms with Gasteiger partial charge >= 0.3 is 36.0 Å². The maximum absolute atomic E-state index is 14.3. The standard InChI is InChI=1S/C22H4Br4F14N2O4/c23-9-5-3-4-7(11(9)25)15(45)42(2-18(29,30)20(33,34)22(38,39)40)16(46)8(4)12(26)10(24)6(3)14(44)41(13(5)43)1-17(27,28)19(31,32)21(35,36)37/h1-2H2. The van der Waals surface area contributed by atoms with Crippen molar-refractivity contribution in [1.82, 2.24) is 9.80 Å². The lowest BCUT2D eigenvalue weighted by atomic mass is 9.85. The van der Waals surface area contributed by atoms with Crippen molar-refractivity contribution in [3.05, 3.63) is 40.1 Å². The maximum Gasteiger partial charge on any atom is 0.459 e. The summed E-state index contributed by atoms with van der Waals surface area (Å²) in [7, 11) is 0. The number of alkyl halides is 14. The Bertz CT molecular complexity index is 1570. The molecular weight excluding hydrogens is 942 g/mol. The average Bonchev–Trinajstić information content (AvgIpc) is 2.88. The molecule has 0 saturated carbocycles. The fraction of sp³-hybridized carbons (Fsp3) is 0.364.